The zero-order valence-electron chi connectivity index (χ0n) is 16.6. The summed E-state index contributed by atoms with van der Waals surface area (Å²) in [6.07, 6.45) is 3.62. The maximum Gasteiger partial charge on any atom is 0.338 e. The number of halogens is 2. The summed E-state index contributed by atoms with van der Waals surface area (Å²) < 4.78 is 32.3. The van der Waals surface area contributed by atoms with Gasteiger partial charge in [-0.05, 0) is 43.2 Å². The molecule has 31 heavy (non-hydrogen) atoms. The van der Waals surface area contributed by atoms with Crippen LogP contribution in [0.15, 0.2) is 47.4 Å². The molecule has 0 unspecified atom stereocenters. The Morgan fingerprint density at radius 2 is 1.58 bits per heavy atom. The van der Waals surface area contributed by atoms with Crippen LogP contribution in [0, 0.1) is 0 Å². The summed E-state index contributed by atoms with van der Waals surface area (Å²) >= 11 is 12.0. The summed E-state index contributed by atoms with van der Waals surface area (Å²) in [5, 5.41) is 2.98. The third kappa shape index (κ3) is 5.98. The van der Waals surface area contributed by atoms with Crippen molar-refractivity contribution in [2.45, 2.75) is 30.6 Å². The van der Waals surface area contributed by atoms with Gasteiger partial charge >= 0.3 is 5.97 Å². The van der Waals surface area contributed by atoms with E-state index in [-0.39, 0.29) is 26.2 Å². The van der Waals surface area contributed by atoms with Crippen molar-refractivity contribution in [2.75, 3.05) is 25.0 Å². The van der Waals surface area contributed by atoms with Crippen molar-refractivity contribution in [3.05, 3.63) is 58.1 Å². The van der Waals surface area contributed by atoms with Gasteiger partial charge in [-0.2, -0.15) is 4.31 Å². The predicted molar refractivity (Wildman–Crippen MR) is 119 cm³/mol. The minimum absolute atomic E-state index is 0.0242. The van der Waals surface area contributed by atoms with E-state index >= 15 is 0 Å². The Hall–Kier alpha value is -2.13. The third-order valence-corrected chi connectivity index (χ3v) is 7.36. The molecule has 166 valence electrons. The average Bonchev–Trinajstić information content (AvgIpc) is 3.05. The van der Waals surface area contributed by atoms with E-state index in [9.17, 15) is 18.0 Å². The number of benzene rings is 2. The van der Waals surface area contributed by atoms with Crippen molar-refractivity contribution >= 4 is 50.8 Å². The van der Waals surface area contributed by atoms with Crippen molar-refractivity contribution < 1.29 is 22.7 Å². The number of carbonyl (C=O) groups excluding carboxylic acids is 2. The molecular weight excluding hydrogens is 463 g/mol. The predicted octanol–water partition coefficient (Wildman–Crippen LogP) is 4.35. The molecule has 1 heterocycles. The molecule has 0 aliphatic carbocycles. The zero-order valence-corrected chi connectivity index (χ0v) is 19.0. The first-order valence-electron chi connectivity index (χ1n) is 9.80. The van der Waals surface area contributed by atoms with Gasteiger partial charge in [0.05, 0.1) is 26.2 Å². The number of nitrogens with zero attached hydrogens (tertiary/aromatic N) is 1. The van der Waals surface area contributed by atoms with E-state index in [1.165, 1.54) is 28.6 Å². The molecule has 0 spiro atoms. The first kappa shape index (κ1) is 23.5. The quantitative estimate of drug-likeness (QED) is 0.614. The van der Waals surface area contributed by atoms with Crippen molar-refractivity contribution in [3.63, 3.8) is 0 Å². The van der Waals surface area contributed by atoms with Gasteiger partial charge in [-0.15, -0.1) is 0 Å². The van der Waals surface area contributed by atoms with Crippen LogP contribution in [0.2, 0.25) is 10.0 Å². The minimum Gasteiger partial charge on any atom is -0.452 e. The highest BCUT2D eigenvalue weighted by Crippen LogP contribution is 2.29. The molecule has 1 amide bonds. The first-order valence-corrected chi connectivity index (χ1v) is 12.0. The maximum absolute atomic E-state index is 12.9. The highest BCUT2D eigenvalue weighted by Gasteiger charge is 2.26. The van der Waals surface area contributed by atoms with Gasteiger partial charge in [0.15, 0.2) is 6.61 Å². The molecule has 1 fully saturated rings. The SMILES string of the molecule is O=C(COC(=O)c1cccc(S(=O)(=O)N2CCCCCC2)c1)Nc1c(Cl)cccc1Cl. The monoisotopic (exact) mass is 484 g/mol. The lowest BCUT2D eigenvalue weighted by molar-refractivity contribution is -0.119. The molecule has 1 aliphatic rings. The van der Waals surface area contributed by atoms with E-state index in [1.807, 2.05) is 0 Å². The Morgan fingerprint density at radius 1 is 0.968 bits per heavy atom. The van der Waals surface area contributed by atoms with Crippen LogP contribution in [-0.4, -0.2) is 44.3 Å². The van der Waals surface area contributed by atoms with Crippen molar-refractivity contribution in [3.8, 4) is 0 Å². The number of nitrogens with one attached hydrogen (secondary N) is 1. The maximum atomic E-state index is 12.9. The van der Waals surface area contributed by atoms with Crippen molar-refractivity contribution in [1.82, 2.24) is 4.31 Å². The van der Waals surface area contributed by atoms with Gasteiger partial charge in [0, 0.05) is 13.1 Å². The molecular formula is C21H22Cl2N2O5S. The molecule has 0 radical (unpaired) electrons. The number of hydrogen-bond donors (Lipinski definition) is 1. The molecule has 1 saturated heterocycles. The van der Waals surface area contributed by atoms with E-state index < -0.39 is 28.5 Å². The summed E-state index contributed by atoms with van der Waals surface area (Å²) in [5.41, 5.74) is 0.261. The van der Waals surface area contributed by atoms with Gasteiger partial charge in [-0.1, -0.05) is 48.2 Å². The van der Waals surface area contributed by atoms with E-state index in [1.54, 1.807) is 18.2 Å². The third-order valence-electron chi connectivity index (χ3n) is 4.83. The summed E-state index contributed by atoms with van der Waals surface area (Å²) in [7, 11) is -3.71. The number of hydrogen-bond acceptors (Lipinski definition) is 5. The van der Waals surface area contributed by atoms with E-state index in [0.29, 0.717) is 13.1 Å². The zero-order chi connectivity index (χ0) is 22.4. The van der Waals surface area contributed by atoms with Crippen LogP contribution in [0.4, 0.5) is 5.69 Å². The van der Waals surface area contributed by atoms with Crippen LogP contribution >= 0.6 is 23.2 Å². The van der Waals surface area contributed by atoms with Crippen LogP contribution in [0.25, 0.3) is 0 Å². The molecule has 10 heteroatoms. The summed E-state index contributed by atoms with van der Waals surface area (Å²) in [4.78, 5) is 24.5. The molecule has 3 rings (SSSR count). The fourth-order valence-electron chi connectivity index (χ4n) is 3.22. The lowest BCUT2D eigenvalue weighted by Gasteiger charge is -2.20. The van der Waals surface area contributed by atoms with Crippen molar-refractivity contribution in [1.29, 1.82) is 0 Å². The van der Waals surface area contributed by atoms with Crippen LogP contribution in [0.3, 0.4) is 0 Å². The molecule has 2 aromatic carbocycles. The fourth-order valence-corrected chi connectivity index (χ4v) is 5.28. The fraction of sp³-hybridized carbons (Fsp3) is 0.333. The topological polar surface area (TPSA) is 92.8 Å². The molecule has 0 aromatic heterocycles. The van der Waals surface area contributed by atoms with E-state index in [2.05, 4.69) is 5.32 Å². The first-order chi connectivity index (χ1) is 14.8. The number of rotatable bonds is 6. The Labute approximate surface area is 191 Å². The minimum atomic E-state index is -3.71. The normalized spacial score (nSPS) is 15.2. The van der Waals surface area contributed by atoms with Gasteiger partial charge in [-0.3, -0.25) is 4.79 Å². The lowest BCUT2D eigenvalue weighted by atomic mass is 10.2. The number of ether oxygens (including phenoxy) is 1. The van der Waals surface area contributed by atoms with Crippen LogP contribution < -0.4 is 5.32 Å². The Balaban J connectivity index is 1.65. The highest BCUT2D eigenvalue weighted by molar-refractivity contribution is 7.89. The number of anilines is 1. The lowest BCUT2D eigenvalue weighted by Crippen LogP contribution is -2.32. The number of amides is 1. The van der Waals surface area contributed by atoms with Gasteiger partial charge in [0.2, 0.25) is 10.0 Å². The Kier molecular flexibility index (Phi) is 7.94. The van der Waals surface area contributed by atoms with Crippen LogP contribution in [0.5, 0.6) is 0 Å². The molecule has 0 saturated carbocycles. The highest BCUT2D eigenvalue weighted by atomic mass is 35.5. The molecule has 0 bridgehead atoms. The Bertz CT molecular complexity index is 1050. The second-order valence-electron chi connectivity index (χ2n) is 7.07. The van der Waals surface area contributed by atoms with Crippen LogP contribution in [-0.2, 0) is 19.6 Å². The van der Waals surface area contributed by atoms with E-state index in [4.69, 9.17) is 27.9 Å². The summed E-state index contributed by atoms with van der Waals surface area (Å²) in [6.45, 7) is 0.340. The second kappa shape index (κ2) is 10.5. The number of sulfonamides is 1. The number of para-hydroxylation sites is 1. The van der Waals surface area contributed by atoms with Crippen LogP contribution in [0.1, 0.15) is 36.0 Å². The molecule has 1 aliphatic heterocycles. The smallest absolute Gasteiger partial charge is 0.338 e. The second-order valence-corrected chi connectivity index (χ2v) is 9.82. The Morgan fingerprint density at radius 3 is 2.23 bits per heavy atom. The van der Waals surface area contributed by atoms with Gasteiger partial charge in [0.25, 0.3) is 5.91 Å². The number of carbonyl (C=O) groups is 2. The molecule has 0 atom stereocenters. The van der Waals surface area contributed by atoms with Gasteiger partial charge in [0.1, 0.15) is 0 Å². The summed E-state index contributed by atoms with van der Waals surface area (Å²) in [5.74, 6) is -1.44. The standard InChI is InChI=1S/C21H22Cl2N2O5S/c22-17-9-6-10-18(23)20(17)24-19(26)14-30-21(27)15-7-5-8-16(13-15)31(28,29)25-11-3-1-2-4-12-25/h5-10,13H,1-4,11-12,14H2,(H,24,26). The van der Waals surface area contributed by atoms with E-state index in [0.717, 1.165) is 25.7 Å². The summed E-state index contributed by atoms with van der Waals surface area (Å²) in [6, 6.07) is 10.4. The largest absolute Gasteiger partial charge is 0.452 e. The average molecular weight is 485 g/mol. The molecule has 2 aromatic rings. The molecule has 7 nitrogen and oxygen atoms in total. The molecule has 1 N–H and O–H groups in total. The van der Waals surface area contributed by atoms with Gasteiger partial charge < -0.3 is 10.1 Å². The van der Waals surface area contributed by atoms with Crippen molar-refractivity contribution in [2.24, 2.45) is 0 Å². The number of esters is 1. The van der Waals surface area contributed by atoms with Gasteiger partial charge in [-0.25, -0.2) is 13.2 Å².